The normalized spacial score (nSPS) is 19.1. The van der Waals surface area contributed by atoms with Gasteiger partial charge in [0.25, 0.3) is 5.56 Å². The lowest BCUT2D eigenvalue weighted by Gasteiger charge is -2.29. The van der Waals surface area contributed by atoms with Crippen molar-refractivity contribution in [2.24, 2.45) is 0 Å². The summed E-state index contributed by atoms with van der Waals surface area (Å²) in [5.41, 5.74) is 1.09. The van der Waals surface area contributed by atoms with Crippen LogP contribution in [-0.4, -0.2) is 28.4 Å². The molecule has 4 nitrogen and oxygen atoms in total. The molecule has 1 saturated heterocycles. The van der Waals surface area contributed by atoms with Crippen molar-refractivity contribution in [3.63, 3.8) is 0 Å². The third-order valence-corrected chi connectivity index (χ3v) is 4.72. The van der Waals surface area contributed by atoms with Crippen molar-refractivity contribution in [3.05, 3.63) is 15.9 Å². The van der Waals surface area contributed by atoms with E-state index < -0.39 is 0 Å². The molecule has 1 fully saturated rings. The predicted octanol–water partition coefficient (Wildman–Crippen LogP) is 1.90. The summed E-state index contributed by atoms with van der Waals surface area (Å²) in [6.07, 6.45) is 4.52. The zero-order valence-electron chi connectivity index (χ0n) is 10.8. The van der Waals surface area contributed by atoms with E-state index in [4.69, 9.17) is 4.98 Å². The van der Waals surface area contributed by atoms with Crippen LogP contribution in [-0.2, 0) is 13.0 Å². The number of rotatable bonds is 2. The second-order valence-corrected chi connectivity index (χ2v) is 5.97. The standard InChI is InChI=1S/C13H19N3OS/c1-2-10-11(15-6-4-3-5-7-15)14-13-16(12(10)17)8-9-18-13/h2-9H2,1H3. The number of fused-ring (bicyclic) bond motifs is 1. The van der Waals surface area contributed by atoms with Gasteiger partial charge < -0.3 is 4.90 Å². The van der Waals surface area contributed by atoms with Gasteiger partial charge in [-0.2, -0.15) is 0 Å². The van der Waals surface area contributed by atoms with Gasteiger partial charge in [0.05, 0.1) is 5.56 Å². The highest BCUT2D eigenvalue weighted by atomic mass is 32.2. The largest absolute Gasteiger partial charge is 0.356 e. The van der Waals surface area contributed by atoms with Gasteiger partial charge in [-0.3, -0.25) is 9.36 Å². The zero-order valence-corrected chi connectivity index (χ0v) is 11.6. The summed E-state index contributed by atoms with van der Waals surface area (Å²) >= 11 is 1.70. The van der Waals surface area contributed by atoms with Gasteiger partial charge in [0.15, 0.2) is 5.16 Å². The van der Waals surface area contributed by atoms with E-state index in [1.54, 1.807) is 11.8 Å². The molecule has 0 radical (unpaired) electrons. The summed E-state index contributed by atoms with van der Waals surface area (Å²) in [4.78, 5) is 19.5. The van der Waals surface area contributed by atoms with Crippen LogP contribution in [0.15, 0.2) is 9.95 Å². The van der Waals surface area contributed by atoms with E-state index in [2.05, 4.69) is 11.8 Å². The van der Waals surface area contributed by atoms with E-state index in [1.807, 2.05) is 4.57 Å². The molecule has 0 aromatic carbocycles. The van der Waals surface area contributed by atoms with Crippen LogP contribution in [0.5, 0.6) is 0 Å². The fourth-order valence-electron chi connectivity index (χ4n) is 2.78. The van der Waals surface area contributed by atoms with Gasteiger partial charge >= 0.3 is 0 Å². The van der Waals surface area contributed by atoms with Crippen molar-refractivity contribution in [1.82, 2.24) is 9.55 Å². The summed E-state index contributed by atoms with van der Waals surface area (Å²) < 4.78 is 1.84. The first-order valence-corrected chi connectivity index (χ1v) is 7.81. The lowest BCUT2D eigenvalue weighted by atomic mass is 10.1. The Balaban J connectivity index is 2.07. The highest BCUT2D eigenvalue weighted by molar-refractivity contribution is 7.99. The second-order valence-electron chi connectivity index (χ2n) is 4.90. The lowest BCUT2D eigenvalue weighted by molar-refractivity contribution is 0.560. The second kappa shape index (κ2) is 4.96. The molecule has 2 aliphatic rings. The molecule has 0 aliphatic carbocycles. The molecule has 0 amide bonds. The molecule has 0 atom stereocenters. The Kier molecular flexibility index (Phi) is 3.33. The van der Waals surface area contributed by atoms with E-state index in [-0.39, 0.29) is 5.56 Å². The summed E-state index contributed by atoms with van der Waals surface area (Å²) in [6, 6.07) is 0. The molecule has 0 bridgehead atoms. The first kappa shape index (κ1) is 12.1. The fraction of sp³-hybridized carbons (Fsp3) is 0.692. The first-order chi connectivity index (χ1) is 8.81. The number of nitrogens with zero attached hydrogens (tertiary/aromatic N) is 3. The number of thioether (sulfide) groups is 1. The predicted molar refractivity (Wildman–Crippen MR) is 74.7 cm³/mol. The molecule has 98 valence electrons. The number of aromatic nitrogens is 2. The van der Waals surface area contributed by atoms with Crippen LogP contribution in [0.3, 0.4) is 0 Å². The van der Waals surface area contributed by atoms with E-state index in [0.29, 0.717) is 0 Å². The van der Waals surface area contributed by atoms with Crippen molar-refractivity contribution in [1.29, 1.82) is 0 Å². The van der Waals surface area contributed by atoms with Crippen molar-refractivity contribution in [3.8, 4) is 0 Å². The van der Waals surface area contributed by atoms with Crippen molar-refractivity contribution >= 4 is 17.6 Å². The molecule has 1 aromatic heterocycles. The first-order valence-electron chi connectivity index (χ1n) is 6.82. The van der Waals surface area contributed by atoms with Gasteiger partial charge in [-0.05, 0) is 25.7 Å². The van der Waals surface area contributed by atoms with Gasteiger partial charge in [0.1, 0.15) is 5.82 Å². The summed E-state index contributed by atoms with van der Waals surface area (Å²) in [7, 11) is 0. The lowest BCUT2D eigenvalue weighted by Crippen LogP contribution is -2.35. The van der Waals surface area contributed by atoms with Crippen LogP contribution >= 0.6 is 11.8 Å². The SMILES string of the molecule is CCc1c(N2CCCCC2)nc2n(c1=O)CCS2. The van der Waals surface area contributed by atoms with Crippen LogP contribution in [0.25, 0.3) is 0 Å². The highest BCUT2D eigenvalue weighted by Crippen LogP contribution is 2.27. The van der Waals surface area contributed by atoms with Crippen LogP contribution in [0.2, 0.25) is 0 Å². The average molecular weight is 265 g/mol. The summed E-state index contributed by atoms with van der Waals surface area (Å²) in [5.74, 6) is 1.94. The van der Waals surface area contributed by atoms with Gasteiger partial charge in [0.2, 0.25) is 0 Å². The number of hydrogen-bond acceptors (Lipinski definition) is 4. The Morgan fingerprint density at radius 3 is 2.72 bits per heavy atom. The monoisotopic (exact) mass is 265 g/mol. The van der Waals surface area contributed by atoms with Gasteiger partial charge in [-0.1, -0.05) is 18.7 Å². The van der Waals surface area contributed by atoms with Crippen LogP contribution in [0, 0.1) is 0 Å². The maximum absolute atomic E-state index is 12.4. The molecule has 0 saturated carbocycles. The number of piperidine rings is 1. The number of hydrogen-bond donors (Lipinski definition) is 0. The molecule has 0 unspecified atom stereocenters. The van der Waals surface area contributed by atoms with Gasteiger partial charge in [-0.15, -0.1) is 0 Å². The van der Waals surface area contributed by atoms with E-state index in [1.165, 1.54) is 19.3 Å². The fourth-order valence-corrected chi connectivity index (χ4v) is 3.71. The van der Waals surface area contributed by atoms with Gasteiger partial charge in [-0.25, -0.2) is 4.98 Å². The molecular weight excluding hydrogens is 246 g/mol. The van der Waals surface area contributed by atoms with Crippen LogP contribution in [0.4, 0.5) is 5.82 Å². The quantitative estimate of drug-likeness (QED) is 0.766. The zero-order chi connectivity index (χ0) is 12.5. The number of anilines is 1. The highest BCUT2D eigenvalue weighted by Gasteiger charge is 2.23. The van der Waals surface area contributed by atoms with E-state index in [9.17, 15) is 4.79 Å². The van der Waals surface area contributed by atoms with Gasteiger partial charge in [0, 0.05) is 25.4 Å². The molecule has 2 aliphatic heterocycles. The Labute approximate surface area is 111 Å². The topological polar surface area (TPSA) is 38.1 Å². The average Bonchev–Trinajstić information content (AvgIpc) is 2.88. The third-order valence-electron chi connectivity index (χ3n) is 3.76. The molecule has 1 aromatic rings. The third kappa shape index (κ3) is 1.94. The van der Waals surface area contributed by atoms with E-state index >= 15 is 0 Å². The molecular formula is C13H19N3OS. The summed E-state index contributed by atoms with van der Waals surface area (Å²) in [5, 5.41) is 0.915. The maximum Gasteiger partial charge on any atom is 0.259 e. The molecule has 18 heavy (non-hydrogen) atoms. The van der Waals surface area contributed by atoms with Crippen molar-refractivity contribution in [2.45, 2.75) is 44.3 Å². The molecule has 3 rings (SSSR count). The Morgan fingerprint density at radius 2 is 2.00 bits per heavy atom. The molecule has 0 spiro atoms. The van der Waals surface area contributed by atoms with Crippen molar-refractivity contribution < 1.29 is 0 Å². The van der Waals surface area contributed by atoms with Crippen LogP contribution in [0.1, 0.15) is 31.7 Å². The smallest absolute Gasteiger partial charge is 0.259 e. The molecule has 0 N–H and O–H groups in total. The minimum absolute atomic E-state index is 0.188. The molecule has 5 heteroatoms. The minimum atomic E-state index is 0.188. The molecule has 3 heterocycles. The minimum Gasteiger partial charge on any atom is -0.356 e. The van der Waals surface area contributed by atoms with E-state index in [0.717, 1.165) is 48.3 Å². The maximum atomic E-state index is 12.4. The Bertz CT molecular complexity index is 506. The Hall–Kier alpha value is -0.970. The Morgan fingerprint density at radius 1 is 1.22 bits per heavy atom. The summed E-state index contributed by atoms with van der Waals surface area (Å²) in [6.45, 7) is 4.97. The van der Waals surface area contributed by atoms with Crippen molar-refractivity contribution in [2.75, 3.05) is 23.7 Å². The van der Waals surface area contributed by atoms with Crippen LogP contribution < -0.4 is 10.5 Å².